The summed E-state index contributed by atoms with van der Waals surface area (Å²) in [4.78, 5) is 35.3. The van der Waals surface area contributed by atoms with E-state index in [2.05, 4.69) is 5.10 Å². The van der Waals surface area contributed by atoms with Crippen molar-refractivity contribution in [3.8, 4) is 0 Å². The van der Waals surface area contributed by atoms with Gasteiger partial charge in [0, 0.05) is 17.5 Å². The van der Waals surface area contributed by atoms with Crippen LogP contribution >= 0.6 is 0 Å². The average molecular weight is 367 g/mol. The van der Waals surface area contributed by atoms with E-state index >= 15 is 0 Å². The lowest BCUT2D eigenvalue weighted by molar-refractivity contribution is -0.384. The number of nitro groups is 1. The molecule has 0 N–H and O–H groups in total. The van der Waals surface area contributed by atoms with Crippen molar-refractivity contribution in [1.29, 1.82) is 0 Å². The molecule has 0 amide bonds. The summed E-state index contributed by atoms with van der Waals surface area (Å²) in [5.74, 6) is -0.668. The topological polar surface area (TPSA) is 104 Å². The van der Waals surface area contributed by atoms with Crippen molar-refractivity contribution in [2.45, 2.75) is 26.5 Å². The number of esters is 1. The first-order valence-electron chi connectivity index (χ1n) is 8.30. The summed E-state index contributed by atoms with van der Waals surface area (Å²) in [6.07, 6.45) is 0. The van der Waals surface area contributed by atoms with Gasteiger partial charge in [-0.25, -0.2) is 9.48 Å². The normalized spacial score (nSPS) is 10.9. The minimum Gasteiger partial charge on any atom is -0.456 e. The molecule has 3 aromatic rings. The number of ether oxygens (including phenoxy) is 1. The molecule has 0 atom stereocenters. The summed E-state index contributed by atoms with van der Waals surface area (Å²) in [5.41, 5.74) is 0.352. The van der Waals surface area contributed by atoms with Gasteiger partial charge in [-0.2, -0.15) is 5.10 Å². The number of fused-ring (bicyclic) bond motifs is 1. The Hall–Kier alpha value is -3.55. The highest BCUT2D eigenvalue weighted by molar-refractivity contribution is 6.02. The molecule has 0 unspecified atom stereocenters. The predicted octanol–water partition coefficient (Wildman–Crippen LogP) is 3.24. The number of carbonyl (C=O) groups is 1. The molecule has 27 heavy (non-hydrogen) atoms. The summed E-state index contributed by atoms with van der Waals surface area (Å²) < 4.78 is 6.57. The van der Waals surface area contributed by atoms with Crippen molar-refractivity contribution >= 4 is 22.4 Å². The number of rotatable bonds is 5. The fourth-order valence-electron chi connectivity index (χ4n) is 2.64. The number of hydrogen-bond acceptors (Lipinski definition) is 6. The Balaban J connectivity index is 1.90. The predicted molar refractivity (Wildman–Crippen MR) is 98.6 cm³/mol. The van der Waals surface area contributed by atoms with Gasteiger partial charge in [0.1, 0.15) is 6.61 Å². The van der Waals surface area contributed by atoms with Gasteiger partial charge in [-0.3, -0.25) is 14.9 Å². The molecule has 0 aliphatic heterocycles. The average Bonchev–Trinajstić information content (AvgIpc) is 2.66. The lowest BCUT2D eigenvalue weighted by Crippen LogP contribution is -2.27. The van der Waals surface area contributed by atoms with Gasteiger partial charge >= 0.3 is 5.97 Å². The van der Waals surface area contributed by atoms with Crippen molar-refractivity contribution in [1.82, 2.24) is 9.78 Å². The van der Waals surface area contributed by atoms with Crippen LogP contribution in [-0.2, 0) is 11.3 Å². The van der Waals surface area contributed by atoms with Gasteiger partial charge in [-0.05, 0) is 37.6 Å². The molecule has 3 rings (SSSR count). The molecule has 2 aromatic carbocycles. The Kier molecular flexibility index (Phi) is 4.98. The van der Waals surface area contributed by atoms with Crippen LogP contribution < -0.4 is 5.56 Å². The molecule has 0 radical (unpaired) electrons. The van der Waals surface area contributed by atoms with Crippen molar-refractivity contribution in [3.63, 3.8) is 0 Å². The lowest BCUT2D eigenvalue weighted by atomic mass is 10.1. The van der Waals surface area contributed by atoms with Gasteiger partial charge in [0.05, 0.1) is 16.4 Å². The third-order valence-electron chi connectivity index (χ3n) is 4.03. The van der Waals surface area contributed by atoms with Crippen molar-refractivity contribution in [3.05, 3.63) is 80.3 Å². The fraction of sp³-hybridized carbons (Fsp3) is 0.211. The molecule has 8 nitrogen and oxygen atoms in total. The molecule has 0 spiro atoms. The molecule has 0 saturated heterocycles. The van der Waals surface area contributed by atoms with E-state index in [-0.39, 0.29) is 29.6 Å². The zero-order valence-corrected chi connectivity index (χ0v) is 14.8. The SMILES string of the molecule is CC(C)n1nc(C(=O)OCc2ccc([N+](=O)[O-])cc2)c2ccccc2c1=O. The maximum absolute atomic E-state index is 12.6. The molecule has 1 aromatic heterocycles. The Morgan fingerprint density at radius 1 is 1.15 bits per heavy atom. The zero-order chi connectivity index (χ0) is 19.6. The second kappa shape index (κ2) is 7.36. The molecule has 0 bridgehead atoms. The van der Waals surface area contributed by atoms with Gasteiger partial charge in [-0.15, -0.1) is 0 Å². The number of nitrogens with zero attached hydrogens (tertiary/aromatic N) is 3. The van der Waals surface area contributed by atoms with Crippen LogP contribution in [0.5, 0.6) is 0 Å². The maximum atomic E-state index is 12.6. The van der Waals surface area contributed by atoms with E-state index in [1.165, 1.54) is 28.9 Å². The van der Waals surface area contributed by atoms with Crippen LogP contribution in [0.15, 0.2) is 53.3 Å². The van der Waals surface area contributed by atoms with Crippen molar-refractivity contribution < 1.29 is 14.5 Å². The van der Waals surface area contributed by atoms with E-state index in [0.29, 0.717) is 16.3 Å². The number of aromatic nitrogens is 2. The van der Waals surface area contributed by atoms with Crippen molar-refractivity contribution in [2.75, 3.05) is 0 Å². The monoisotopic (exact) mass is 367 g/mol. The van der Waals surface area contributed by atoms with Crippen LogP contribution in [0.3, 0.4) is 0 Å². The molecule has 138 valence electrons. The van der Waals surface area contributed by atoms with Crippen LogP contribution in [0.4, 0.5) is 5.69 Å². The van der Waals surface area contributed by atoms with Crippen LogP contribution in [0.1, 0.15) is 35.9 Å². The maximum Gasteiger partial charge on any atom is 0.359 e. The third-order valence-corrected chi connectivity index (χ3v) is 4.03. The van der Waals surface area contributed by atoms with Gasteiger partial charge in [-0.1, -0.05) is 18.2 Å². The number of benzene rings is 2. The fourth-order valence-corrected chi connectivity index (χ4v) is 2.64. The molecule has 0 aliphatic carbocycles. The first kappa shape index (κ1) is 18.2. The second-order valence-electron chi connectivity index (χ2n) is 6.24. The minimum atomic E-state index is -0.668. The summed E-state index contributed by atoms with van der Waals surface area (Å²) in [5, 5.41) is 15.7. The largest absolute Gasteiger partial charge is 0.456 e. The summed E-state index contributed by atoms with van der Waals surface area (Å²) in [6.45, 7) is 3.54. The number of nitro benzene ring substituents is 1. The highest BCUT2D eigenvalue weighted by atomic mass is 16.6. The summed E-state index contributed by atoms with van der Waals surface area (Å²) in [7, 11) is 0. The van der Waals surface area contributed by atoms with Crippen LogP contribution in [-0.4, -0.2) is 20.7 Å². The molecule has 0 fully saturated rings. The van der Waals surface area contributed by atoms with E-state index < -0.39 is 10.9 Å². The molecule has 8 heteroatoms. The standard InChI is InChI=1S/C19H17N3O5/c1-12(2)21-18(23)16-6-4-3-5-15(16)17(20-21)19(24)27-11-13-7-9-14(10-8-13)22(25)26/h3-10,12H,11H2,1-2H3. The minimum absolute atomic E-state index is 0.0400. The molecular weight excluding hydrogens is 350 g/mol. The smallest absolute Gasteiger partial charge is 0.359 e. The van der Waals surface area contributed by atoms with E-state index in [4.69, 9.17) is 4.74 Å². The van der Waals surface area contributed by atoms with E-state index in [9.17, 15) is 19.7 Å². The Morgan fingerprint density at radius 3 is 2.37 bits per heavy atom. The van der Waals surface area contributed by atoms with Crippen LogP contribution in [0.25, 0.3) is 10.8 Å². The van der Waals surface area contributed by atoms with Crippen LogP contribution in [0.2, 0.25) is 0 Å². The molecular formula is C19H17N3O5. The Morgan fingerprint density at radius 2 is 1.78 bits per heavy atom. The Bertz CT molecular complexity index is 1070. The molecule has 0 saturated carbocycles. The van der Waals surface area contributed by atoms with E-state index in [0.717, 1.165) is 0 Å². The first-order valence-corrected chi connectivity index (χ1v) is 8.30. The molecule has 1 heterocycles. The zero-order valence-electron chi connectivity index (χ0n) is 14.8. The van der Waals surface area contributed by atoms with Gasteiger partial charge in [0.2, 0.25) is 0 Å². The number of non-ortho nitro benzene ring substituents is 1. The highest BCUT2D eigenvalue weighted by Gasteiger charge is 2.19. The quantitative estimate of drug-likeness (QED) is 0.389. The number of carbonyl (C=O) groups excluding carboxylic acids is 1. The van der Waals surface area contributed by atoms with Crippen LogP contribution in [0, 0.1) is 10.1 Å². The van der Waals surface area contributed by atoms with E-state index in [1.807, 2.05) is 0 Å². The van der Waals surface area contributed by atoms with E-state index in [1.54, 1.807) is 38.1 Å². The summed E-state index contributed by atoms with van der Waals surface area (Å²) in [6, 6.07) is 12.2. The number of hydrogen-bond donors (Lipinski definition) is 0. The second-order valence-corrected chi connectivity index (χ2v) is 6.24. The van der Waals surface area contributed by atoms with Crippen molar-refractivity contribution in [2.24, 2.45) is 0 Å². The van der Waals surface area contributed by atoms with Gasteiger partial charge in [0.25, 0.3) is 11.2 Å². The molecule has 0 aliphatic rings. The Labute approximate surface area is 154 Å². The third kappa shape index (κ3) is 3.69. The highest BCUT2D eigenvalue weighted by Crippen LogP contribution is 2.17. The summed E-state index contributed by atoms with van der Waals surface area (Å²) >= 11 is 0. The lowest BCUT2D eigenvalue weighted by Gasteiger charge is -2.13. The van der Waals surface area contributed by atoms with Gasteiger partial charge in [0.15, 0.2) is 5.69 Å². The van der Waals surface area contributed by atoms with Gasteiger partial charge < -0.3 is 4.74 Å². The first-order chi connectivity index (χ1) is 12.9.